The maximum absolute atomic E-state index is 13.7. The Bertz CT molecular complexity index is 1620. The first kappa shape index (κ1) is 33.0. The van der Waals surface area contributed by atoms with Gasteiger partial charge in [0, 0.05) is 32.0 Å². The predicted octanol–water partition coefficient (Wildman–Crippen LogP) is 4.43. The van der Waals surface area contributed by atoms with E-state index in [2.05, 4.69) is 16.4 Å². The summed E-state index contributed by atoms with van der Waals surface area (Å²) in [5, 5.41) is 13.5. The van der Waals surface area contributed by atoms with Gasteiger partial charge >= 0.3 is 17.9 Å². The van der Waals surface area contributed by atoms with E-state index in [0.29, 0.717) is 28.3 Å². The molecule has 1 amide bonds. The lowest BCUT2D eigenvalue weighted by Crippen LogP contribution is -2.56. The molecule has 234 valence electrons. The molecular weight excluding hydrogens is 602 g/mol. The van der Waals surface area contributed by atoms with Crippen LogP contribution in [0.5, 0.6) is 5.75 Å². The van der Waals surface area contributed by atoms with Crippen molar-refractivity contribution in [3.05, 3.63) is 71.4 Å². The molecule has 1 aromatic heterocycles. The summed E-state index contributed by atoms with van der Waals surface area (Å²) in [4.78, 5) is 54.3. The van der Waals surface area contributed by atoms with E-state index in [9.17, 15) is 24.4 Å². The van der Waals surface area contributed by atoms with Crippen molar-refractivity contribution in [3.8, 4) is 22.9 Å². The van der Waals surface area contributed by atoms with Gasteiger partial charge in [-0.2, -0.15) is 5.26 Å². The van der Waals surface area contributed by atoms with Crippen molar-refractivity contribution in [1.82, 2.24) is 4.98 Å². The van der Waals surface area contributed by atoms with Crippen LogP contribution < -0.4 is 10.1 Å². The Balaban J connectivity index is 1.83. The molecule has 45 heavy (non-hydrogen) atoms. The number of amides is 1. The Morgan fingerprint density at radius 3 is 2.13 bits per heavy atom. The number of rotatable bonds is 9. The highest BCUT2D eigenvalue weighted by Crippen LogP contribution is 2.40. The zero-order valence-corrected chi connectivity index (χ0v) is 26.0. The molecular formula is C32H31N3O9S. The normalized spacial score (nSPS) is 19.0. The first-order valence-electron chi connectivity index (χ1n) is 13.8. The van der Waals surface area contributed by atoms with E-state index in [1.165, 1.54) is 27.9 Å². The van der Waals surface area contributed by atoms with E-state index in [-0.39, 0.29) is 22.8 Å². The number of nitrogens with one attached hydrogen (secondary N) is 1. The maximum Gasteiger partial charge on any atom is 0.303 e. The lowest BCUT2D eigenvalue weighted by atomic mass is 9.94. The first-order valence-corrected chi connectivity index (χ1v) is 14.7. The van der Waals surface area contributed by atoms with Gasteiger partial charge in [-0.1, -0.05) is 42.1 Å². The lowest BCUT2D eigenvalue weighted by Gasteiger charge is -2.40. The van der Waals surface area contributed by atoms with E-state index in [4.69, 9.17) is 23.7 Å². The summed E-state index contributed by atoms with van der Waals surface area (Å²) in [5.41, 5.74) is 0.924. The van der Waals surface area contributed by atoms with Gasteiger partial charge in [-0.05, 0) is 36.8 Å². The van der Waals surface area contributed by atoms with E-state index in [1.807, 2.05) is 6.07 Å². The second-order valence-electron chi connectivity index (χ2n) is 9.90. The average Bonchev–Trinajstić information content (AvgIpc) is 2.99. The van der Waals surface area contributed by atoms with E-state index < -0.39 is 47.6 Å². The number of carbonyl (C=O) groups is 4. The molecule has 1 aliphatic rings. The minimum absolute atomic E-state index is 0.0605. The molecule has 2 aromatic carbocycles. The Labute approximate surface area is 264 Å². The maximum atomic E-state index is 13.7. The third kappa shape index (κ3) is 7.97. The standard InChI is InChI=1S/C32H31N3O9S/c1-17-26(30(39)35-22-9-7-6-8-10-22)27(21-11-13-23(40-5)14-12-21)24(15-33)31(34-17)45-32-29(44-20(4)38)28(43-19(3)37)25(16-41-32)42-18(2)36/h6-14,25,28-29,32H,16H2,1-5H3,(H,35,39)/t25-,28-,29+,32-/m0/s1. The van der Waals surface area contributed by atoms with Crippen molar-refractivity contribution in [1.29, 1.82) is 5.26 Å². The number of carbonyl (C=O) groups excluding carboxylic acids is 4. The molecule has 4 rings (SSSR count). The Kier molecular flexibility index (Phi) is 10.8. The number of aryl methyl sites for hydroxylation is 1. The molecule has 2 heterocycles. The minimum Gasteiger partial charge on any atom is -0.497 e. The van der Waals surface area contributed by atoms with Crippen LogP contribution in [0.3, 0.4) is 0 Å². The third-order valence-corrected chi connectivity index (χ3v) is 7.78. The highest BCUT2D eigenvalue weighted by molar-refractivity contribution is 7.99. The molecule has 1 fully saturated rings. The molecule has 3 aromatic rings. The quantitative estimate of drug-likeness (QED) is 0.261. The van der Waals surface area contributed by atoms with Crippen molar-refractivity contribution < 1.29 is 42.9 Å². The number of hydrogen-bond acceptors (Lipinski definition) is 12. The number of para-hydroxylation sites is 1. The number of aromatic nitrogens is 1. The van der Waals surface area contributed by atoms with Crippen molar-refractivity contribution >= 4 is 41.3 Å². The number of hydrogen-bond donors (Lipinski definition) is 1. The Morgan fingerprint density at radius 1 is 0.933 bits per heavy atom. The fourth-order valence-electron chi connectivity index (χ4n) is 4.83. The molecule has 13 heteroatoms. The summed E-state index contributed by atoms with van der Waals surface area (Å²) in [5.74, 6) is -1.94. The summed E-state index contributed by atoms with van der Waals surface area (Å²) < 4.78 is 27.5. The monoisotopic (exact) mass is 633 g/mol. The zero-order chi connectivity index (χ0) is 32.7. The molecule has 0 spiro atoms. The summed E-state index contributed by atoms with van der Waals surface area (Å²) in [6.07, 6.45) is -3.50. The van der Waals surface area contributed by atoms with Gasteiger partial charge in [0.2, 0.25) is 0 Å². The number of pyridine rings is 1. The molecule has 4 atom stereocenters. The highest BCUT2D eigenvalue weighted by atomic mass is 32.2. The number of nitrogens with zero attached hydrogens (tertiary/aromatic N) is 2. The van der Waals surface area contributed by atoms with Crippen LogP contribution in [0.4, 0.5) is 5.69 Å². The van der Waals surface area contributed by atoms with E-state index in [1.54, 1.807) is 55.5 Å². The van der Waals surface area contributed by atoms with Crippen LogP contribution >= 0.6 is 11.8 Å². The average molecular weight is 634 g/mol. The molecule has 1 aliphatic heterocycles. The fraction of sp³-hybridized carbons (Fsp3) is 0.312. The van der Waals surface area contributed by atoms with Gasteiger partial charge in [0.05, 0.1) is 30.5 Å². The van der Waals surface area contributed by atoms with Crippen LogP contribution in [0.2, 0.25) is 0 Å². The van der Waals surface area contributed by atoms with Crippen LogP contribution in [0.15, 0.2) is 59.6 Å². The molecule has 12 nitrogen and oxygen atoms in total. The van der Waals surface area contributed by atoms with Gasteiger partial charge in [0.15, 0.2) is 18.3 Å². The Morgan fingerprint density at radius 2 is 1.56 bits per heavy atom. The van der Waals surface area contributed by atoms with Crippen LogP contribution in [-0.2, 0) is 33.3 Å². The predicted molar refractivity (Wildman–Crippen MR) is 162 cm³/mol. The van der Waals surface area contributed by atoms with Gasteiger partial charge < -0.3 is 29.0 Å². The summed E-state index contributed by atoms with van der Waals surface area (Å²) in [6, 6.07) is 17.9. The summed E-state index contributed by atoms with van der Waals surface area (Å²) >= 11 is 0.951. The third-order valence-electron chi connectivity index (χ3n) is 6.63. The molecule has 1 saturated heterocycles. The molecule has 1 N–H and O–H groups in total. The van der Waals surface area contributed by atoms with Gasteiger partial charge in [0.1, 0.15) is 22.3 Å². The summed E-state index contributed by atoms with van der Waals surface area (Å²) in [7, 11) is 1.53. The van der Waals surface area contributed by atoms with E-state index >= 15 is 0 Å². The molecule has 0 bridgehead atoms. The zero-order valence-electron chi connectivity index (χ0n) is 25.2. The molecule has 0 radical (unpaired) electrons. The van der Waals surface area contributed by atoms with Crippen molar-refractivity contribution in [2.24, 2.45) is 0 Å². The minimum atomic E-state index is -1.24. The van der Waals surface area contributed by atoms with Crippen molar-refractivity contribution in [3.63, 3.8) is 0 Å². The summed E-state index contributed by atoms with van der Waals surface area (Å²) in [6.45, 7) is 4.98. The largest absolute Gasteiger partial charge is 0.497 e. The second-order valence-corrected chi connectivity index (χ2v) is 11.0. The van der Waals surface area contributed by atoms with Crippen molar-refractivity contribution in [2.75, 3.05) is 19.0 Å². The smallest absolute Gasteiger partial charge is 0.303 e. The highest BCUT2D eigenvalue weighted by Gasteiger charge is 2.47. The second kappa shape index (κ2) is 14.7. The number of nitriles is 1. The number of ether oxygens (including phenoxy) is 5. The fourth-order valence-corrected chi connectivity index (χ4v) is 5.99. The van der Waals surface area contributed by atoms with Crippen LogP contribution in [0.25, 0.3) is 11.1 Å². The SMILES string of the molecule is COc1ccc(-c2c(C#N)c(S[C@@H]3OC[C@H](OC(C)=O)[C@H](OC(C)=O)[C@H]3OC(C)=O)nc(C)c2C(=O)Nc2ccccc2)cc1. The van der Waals surface area contributed by atoms with Crippen LogP contribution in [-0.4, -0.2) is 66.3 Å². The number of methoxy groups -OCH3 is 1. The molecule has 0 unspecified atom stereocenters. The van der Waals surface area contributed by atoms with Crippen molar-refractivity contribution in [2.45, 2.75) is 56.5 Å². The number of anilines is 1. The number of benzene rings is 2. The number of esters is 3. The number of thioether (sulfide) groups is 1. The topological polar surface area (TPSA) is 163 Å². The Hall–Kier alpha value is -4.93. The van der Waals surface area contributed by atoms with Gasteiger partial charge in [-0.3, -0.25) is 19.2 Å². The van der Waals surface area contributed by atoms with Crippen LogP contribution in [0, 0.1) is 18.3 Å². The first-order chi connectivity index (χ1) is 21.5. The molecule has 0 saturated carbocycles. The van der Waals surface area contributed by atoms with Gasteiger partial charge in [-0.25, -0.2) is 4.98 Å². The molecule has 0 aliphatic carbocycles. The van der Waals surface area contributed by atoms with E-state index in [0.717, 1.165) is 11.8 Å². The van der Waals surface area contributed by atoms with Crippen LogP contribution in [0.1, 0.15) is 42.4 Å². The lowest BCUT2D eigenvalue weighted by molar-refractivity contribution is -0.213. The van der Waals surface area contributed by atoms with Gasteiger partial charge in [-0.15, -0.1) is 0 Å². The van der Waals surface area contributed by atoms with Gasteiger partial charge in [0.25, 0.3) is 5.91 Å².